The maximum Gasteiger partial charge on any atom is 0.276 e. The molecule has 0 saturated heterocycles. The lowest BCUT2D eigenvalue weighted by Gasteiger charge is -2.11. The van der Waals surface area contributed by atoms with Gasteiger partial charge in [-0.15, -0.1) is 10.2 Å². The van der Waals surface area contributed by atoms with Gasteiger partial charge in [-0.2, -0.15) is 0 Å². The van der Waals surface area contributed by atoms with Crippen molar-refractivity contribution in [2.24, 2.45) is 0 Å². The molecule has 0 amide bonds. The number of nitro groups is 1. The number of rotatable bonds is 8. The van der Waals surface area contributed by atoms with Crippen LogP contribution in [-0.4, -0.2) is 19.7 Å². The van der Waals surface area contributed by atoms with Gasteiger partial charge in [-0.25, -0.2) is 8.78 Å². The molecule has 10 heteroatoms. The maximum absolute atomic E-state index is 14.3. The number of nitrogens with zero attached hydrogens (tertiary/aromatic N) is 4. The smallest absolute Gasteiger partial charge is 0.276 e. The van der Waals surface area contributed by atoms with Crippen molar-refractivity contribution >= 4 is 17.4 Å². The molecule has 0 radical (unpaired) electrons. The van der Waals surface area contributed by atoms with Crippen LogP contribution in [0, 0.1) is 21.7 Å². The summed E-state index contributed by atoms with van der Waals surface area (Å²) in [7, 11) is 0. The highest BCUT2D eigenvalue weighted by atomic mass is 32.2. The number of nitro benzene ring substituents is 1. The lowest BCUT2D eigenvalue weighted by molar-refractivity contribution is -0.385. The van der Waals surface area contributed by atoms with E-state index in [9.17, 15) is 18.9 Å². The molecular weight excluding hydrogens is 438 g/mol. The summed E-state index contributed by atoms with van der Waals surface area (Å²) in [4.78, 5) is 10.7. The van der Waals surface area contributed by atoms with Gasteiger partial charge in [-0.3, -0.25) is 14.7 Å². The van der Waals surface area contributed by atoms with E-state index in [1.165, 1.54) is 30.3 Å². The third-order valence-corrected chi connectivity index (χ3v) is 5.50. The lowest BCUT2D eigenvalue weighted by atomic mass is 10.2. The minimum Gasteiger partial charge on any atom is -0.483 e. The molecule has 0 bridgehead atoms. The fourth-order valence-corrected chi connectivity index (χ4v) is 4.02. The highest BCUT2D eigenvalue weighted by Crippen LogP contribution is 2.31. The van der Waals surface area contributed by atoms with Gasteiger partial charge >= 0.3 is 0 Å². The molecule has 0 spiro atoms. The van der Waals surface area contributed by atoms with Crippen LogP contribution in [0.4, 0.5) is 14.5 Å². The molecule has 4 rings (SSSR count). The summed E-state index contributed by atoms with van der Waals surface area (Å²) in [5.41, 5.74) is 0.385. The number of hydrogen-bond donors (Lipinski definition) is 0. The van der Waals surface area contributed by atoms with E-state index in [4.69, 9.17) is 4.74 Å². The van der Waals surface area contributed by atoms with Crippen molar-refractivity contribution in [3.63, 3.8) is 0 Å². The highest BCUT2D eigenvalue weighted by Gasteiger charge is 2.21. The average Bonchev–Trinajstić information content (AvgIpc) is 3.21. The summed E-state index contributed by atoms with van der Waals surface area (Å²) in [6, 6.07) is 18.9. The first kappa shape index (κ1) is 21.4. The molecule has 0 saturated carbocycles. The highest BCUT2D eigenvalue weighted by molar-refractivity contribution is 7.98. The summed E-state index contributed by atoms with van der Waals surface area (Å²) < 4.78 is 35.4. The van der Waals surface area contributed by atoms with Crippen LogP contribution in [0.25, 0.3) is 5.69 Å². The SMILES string of the molecule is O=[N+]([O-])c1cccc(F)c1CSc1nnc(COc2ccccc2F)n1-c1ccccc1. The summed E-state index contributed by atoms with van der Waals surface area (Å²) in [5, 5.41) is 20.0. The zero-order valence-corrected chi connectivity index (χ0v) is 17.3. The number of ether oxygens (including phenoxy) is 1. The van der Waals surface area contributed by atoms with Crippen molar-refractivity contribution < 1.29 is 18.4 Å². The van der Waals surface area contributed by atoms with E-state index in [0.717, 1.165) is 17.4 Å². The van der Waals surface area contributed by atoms with Crippen LogP contribution in [0.2, 0.25) is 0 Å². The second-order valence-electron chi connectivity index (χ2n) is 6.57. The minimum atomic E-state index is -0.666. The Morgan fingerprint density at radius 2 is 1.66 bits per heavy atom. The maximum atomic E-state index is 14.3. The zero-order chi connectivity index (χ0) is 22.5. The molecule has 0 fully saturated rings. The van der Waals surface area contributed by atoms with Crippen LogP contribution in [-0.2, 0) is 12.4 Å². The van der Waals surface area contributed by atoms with E-state index < -0.39 is 16.6 Å². The number of halogens is 2. The Kier molecular flexibility index (Phi) is 6.41. The van der Waals surface area contributed by atoms with Gasteiger partial charge in [0.2, 0.25) is 0 Å². The van der Waals surface area contributed by atoms with Crippen LogP contribution in [0.15, 0.2) is 78.0 Å². The molecule has 0 aliphatic rings. The first-order chi connectivity index (χ1) is 15.5. The summed E-state index contributed by atoms with van der Waals surface area (Å²) in [5.74, 6) is -0.723. The molecule has 0 atom stereocenters. The molecule has 1 aromatic heterocycles. The van der Waals surface area contributed by atoms with Crippen LogP contribution >= 0.6 is 11.8 Å². The van der Waals surface area contributed by atoms with Gasteiger partial charge in [-0.1, -0.05) is 48.2 Å². The molecule has 7 nitrogen and oxygen atoms in total. The van der Waals surface area contributed by atoms with Gasteiger partial charge in [0, 0.05) is 17.5 Å². The predicted molar refractivity (Wildman–Crippen MR) is 115 cm³/mol. The van der Waals surface area contributed by atoms with E-state index in [1.807, 2.05) is 30.3 Å². The Labute approximate surface area is 185 Å². The van der Waals surface area contributed by atoms with Crippen LogP contribution in [0.1, 0.15) is 11.4 Å². The fraction of sp³-hybridized carbons (Fsp3) is 0.0909. The first-order valence-corrected chi connectivity index (χ1v) is 10.4. The van der Waals surface area contributed by atoms with Crippen molar-refractivity contribution in [3.05, 3.63) is 106 Å². The van der Waals surface area contributed by atoms with Crippen LogP contribution in [0.3, 0.4) is 0 Å². The molecule has 0 aliphatic carbocycles. The molecule has 0 aliphatic heterocycles. The Morgan fingerprint density at radius 1 is 0.938 bits per heavy atom. The number of aromatic nitrogens is 3. The van der Waals surface area contributed by atoms with Gasteiger partial charge in [0.25, 0.3) is 5.69 Å². The quantitative estimate of drug-likeness (QED) is 0.203. The normalized spacial score (nSPS) is 10.8. The average molecular weight is 454 g/mol. The van der Waals surface area contributed by atoms with Gasteiger partial charge in [0.1, 0.15) is 12.4 Å². The second kappa shape index (κ2) is 9.56. The molecule has 162 valence electrons. The van der Waals surface area contributed by atoms with E-state index in [1.54, 1.807) is 16.7 Å². The number of benzene rings is 3. The van der Waals surface area contributed by atoms with Gasteiger partial charge in [-0.05, 0) is 30.3 Å². The van der Waals surface area contributed by atoms with Crippen molar-refractivity contribution in [3.8, 4) is 11.4 Å². The Morgan fingerprint density at radius 3 is 2.41 bits per heavy atom. The second-order valence-corrected chi connectivity index (χ2v) is 7.51. The first-order valence-electron chi connectivity index (χ1n) is 9.46. The van der Waals surface area contributed by atoms with E-state index in [-0.39, 0.29) is 29.4 Å². The predicted octanol–water partition coefficient (Wildman–Crippen LogP) is 5.33. The monoisotopic (exact) mass is 454 g/mol. The van der Waals surface area contributed by atoms with Crippen LogP contribution < -0.4 is 4.74 Å². The minimum absolute atomic E-state index is 0.0257. The van der Waals surface area contributed by atoms with Crippen LogP contribution in [0.5, 0.6) is 5.75 Å². The van der Waals surface area contributed by atoms with Gasteiger partial charge < -0.3 is 4.74 Å². The molecule has 0 unspecified atom stereocenters. The molecule has 4 aromatic rings. The van der Waals surface area contributed by atoms with Gasteiger partial charge in [0.05, 0.1) is 10.5 Å². The van der Waals surface area contributed by atoms with E-state index in [0.29, 0.717) is 11.0 Å². The molecule has 32 heavy (non-hydrogen) atoms. The van der Waals surface area contributed by atoms with Crippen molar-refractivity contribution in [1.29, 1.82) is 0 Å². The van der Waals surface area contributed by atoms with Gasteiger partial charge in [0.15, 0.2) is 22.5 Å². The molecule has 3 aromatic carbocycles. The molecular formula is C22H16F2N4O3S. The third kappa shape index (κ3) is 4.59. The summed E-state index contributed by atoms with van der Waals surface area (Å²) in [6.45, 7) is -0.0662. The lowest BCUT2D eigenvalue weighted by Crippen LogP contribution is -2.07. The Balaban J connectivity index is 1.63. The molecule has 0 N–H and O–H groups in total. The standard InChI is InChI=1S/C22H16F2N4O3S/c23-17-10-6-11-19(28(29)30)16(17)14-32-22-26-25-21(27(22)15-7-2-1-3-8-15)13-31-20-12-5-4-9-18(20)24/h1-12H,13-14H2. The van der Waals surface area contributed by atoms with E-state index in [2.05, 4.69) is 10.2 Å². The number of hydrogen-bond acceptors (Lipinski definition) is 6. The fourth-order valence-electron chi connectivity index (χ4n) is 3.03. The van der Waals surface area contributed by atoms with Crippen molar-refractivity contribution in [2.75, 3.05) is 0 Å². The summed E-state index contributed by atoms with van der Waals surface area (Å²) in [6.07, 6.45) is 0. The summed E-state index contributed by atoms with van der Waals surface area (Å²) >= 11 is 1.10. The zero-order valence-electron chi connectivity index (χ0n) is 16.5. The molecule has 1 heterocycles. The number of para-hydroxylation sites is 2. The van der Waals surface area contributed by atoms with Crippen molar-refractivity contribution in [2.45, 2.75) is 17.5 Å². The van der Waals surface area contributed by atoms with E-state index >= 15 is 0 Å². The Bertz CT molecular complexity index is 1250. The topological polar surface area (TPSA) is 83.1 Å². The Hall–Kier alpha value is -3.79. The third-order valence-electron chi connectivity index (χ3n) is 4.54. The number of thioether (sulfide) groups is 1. The largest absolute Gasteiger partial charge is 0.483 e. The van der Waals surface area contributed by atoms with Crippen molar-refractivity contribution in [1.82, 2.24) is 14.8 Å².